The van der Waals surface area contributed by atoms with E-state index in [-0.39, 0.29) is 0 Å². The van der Waals surface area contributed by atoms with Crippen molar-refractivity contribution in [2.75, 3.05) is 31.9 Å². The Labute approximate surface area is 127 Å². The van der Waals surface area contributed by atoms with Crippen LogP contribution in [0.25, 0.3) is 0 Å². The lowest BCUT2D eigenvalue weighted by molar-refractivity contribution is 0.224. The maximum absolute atomic E-state index is 12.8. The van der Waals surface area contributed by atoms with E-state index in [1.807, 2.05) is 6.92 Å². The SMILES string of the molecule is CCN(CC)C1CCN(S(=O)(=O)c2cc(N)ccc2C)C1. The molecule has 0 aromatic heterocycles. The second kappa shape index (κ2) is 6.34. The highest BCUT2D eigenvalue weighted by Crippen LogP contribution is 2.26. The molecule has 0 aliphatic carbocycles. The van der Waals surface area contributed by atoms with Crippen LogP contribution in [0.1, 0.15) is 25.8 Å². The van der Waals surface area contributed by atoms with Gasteiger partial charge in [-0.1, -0.05) is 19.9 Å². The van der Waals surface area contributed by atoms with Gasteiger partial charge in [0.2, 0.25) is 10.0 Å². The maximum Gasteiger partial charge on any atom is 0.243 e. The smallest absolute Gasteiger partial charge is 0.243 e. The Kier molecular flexibility index (Phi) is 4.91. The predicted octanol–water partition coefficient (Wildman–Crippen LogP) is 1.68. The molecule has 1 atom stereocenters. The molecule has 21 heavy (non-hydrogen) atoms. The van der Waals surface area contributed by atoms with Crippen LogP contribution in [-0.4, -0.2) is 49.8 Å². The molecule has 1 fully saturated rings. The van der Waals surface area contributed by atoms with Gasteiger partial charge < -0.3 is 5.73 Å². The first-order valence-electron chi connectivity index (χ1n) is 7.50. The summed E-state index contributed by atoms with van der Waals surface area (Å²) in [4.78, 5) is 2.66. The molecule has 0 spiro atoms. The lowest BCUT2D eigenvalue weighted by atomic mass is 10.2. The molecule has 0 bridgehead atoms. The van der Waals surface area contributed by atoms with Crippen molar-refractivity contribution in [3.8, 4) is 0 Å². The average molecular weight is 311 g/mol. The van der Waals surface area contributed by atoms with Crippen LogP contribution in [0, 0.1) is 6.92 Å². The molecular formula is C15H25N3O2S. The second-order valence-corrected chi connectivity index (χ2v) is 7.46. The fourth-order valence-electron chi connectivity index (χ4n) is 3.00. The van der Waals surface area contributed by atoms with Crippen molar-refractivity contribution in [1.82, 2.24) is 9.21 Å². The van der Waals surface area contributed by atoms with E-state index in [2.05, 4.69) is 18.7 Å². The first-order valence-corrected chi connectivity index (χ1v) is 8.94. The van der Waals surface area contributed by atoms with Gasteiger partial charge in [-0.2, -0.15) is 4.31 Å². The molecule has 2 rings (SSSR count). The standard InChI is InChI=1S/C15H25N3O2S/c1-4-17(5-2)14-8-9-18(11-14)21(19,20)15-10-13(16)7-6-12(15)3/h6-7,10,14H,4-5,8-9,11,16H2,1-3H3. The largest absolute Gasteiger partial charge is 0.399 e. The summed E-state index contributed by atoms with van der Waals surface area (Å²) in [6.45, 7) is 9.09. The van der Waals surface area contributed by atoms with Crippen LogP contribution in [0.4, 0.5) is 5.69 Å². The third-order valence-corrected chi connectivity index (χ3v) is 6.29. The van der Waals surface area contributed by atoms with E-state index >= 15 is 0 Å². The Hall–Kier alpha value is -1.11. The van der Waals surface area contributed by atoms with Crippen LogP contribution in [-0.2, 0) is 10.0 Å². The molecule has 0 saturated carbocycles. The van der Waals surface area contributed by atoms with E-state index in [1.54, 1.807) is 22.5 Å². The summed E-state index contributed by atoms with van der Waals surface area (Å²) in [5.74, 6) is 0. The van der Waals surface area contributed by atoms with E-state index in [4.69, 9.17) is 5.73 Å². The van der Waals surface area contributed by atoms with Crippen LogP contribution in [0.15, 0.2) is 23.1 Å². The van der Waals surface area contributed by atoms with Gasteiger partial charge in [0, 0.05) is 24.8 Å². The van der Waals surface area contributed by atoms with Gasteiger partial charge in [0.05, 0.1) is 4.90 Å². The summed E-state index contributed by atoms with van der Waals surface area (Å²) in [5, 5.41) is 0. The first kappa shape index (κ1) is 16.3. The Morgan fingerprint density at radius 3 is 2.62 bits per heavy atom. The highest BCUT2D eigenvalue weighted by atomic mass is 32.2. The van der Waals surface area contributed by atoms with Crippen molar-refractivity contribution in [3.05, 3.63) is 23.8 Å². The van der Waals surface area contributed by atoms with E-state index in [1.165, 1.54) is 0 Å². The second-order valence-electron chi connectivity index (χ2n) is 5.55. The van der Waals surface area contributed by atoms with Crippen molar-refractivity contribution >= 4 is 15.7 Å². The minimum Gasteiger partial charge on any atom is -0.399 e. The fourth-order valence-corrected chi connectivity index (χ4v) is 4.75. The maximum atomic E-state index is 12.8. The van der Waals surface area contributed by atoms with E-state index < -0.39 is 10.0 Å². The van der Waals surface area contributed by atoms with Crippen molar-refractivity contribution in [3.63, 3.8) is 0 Å². The van der Waals surface area contributed by atoms with Gasteiger partial charge in [0.25, 0.3) is 0 Å². The van der Waals surface area contributed by atoms with Gasteiger partial charge in [0.1, 0.15) is 0 Å². The highest BCUT2D eigenvalue weighted by Gasteiger charge is 2.35. The molecule has 1 saturated heterocycles. The van der Waals surface area contributed by atoms with Gasteiger partial charge in [-0.25, -0.2) is 8.42 Å². The van der Waals surface area contributed by atoms with Crippen molar-refractivity contribution in [2.24, 2.45) is 0 Å². The number of likely N-dealkylation sites (N-methyl/N-ethyl adjacent to an activating group) is 1. The Morgan fingerprint density at radius 1 is 1.33 bits per heavy atom. The first-order chi connectivity index (χ1) is 9.90. The molecule has 118 valence electrons. The molecule has 1 aromatic rings. The minimum atomic E-state index is -3.45. The zero-order valence-electron chi connectivity index (χ0n) is 13.0. The minimum absolute atomic E-state index is 0.316. The van der Waals surface area contributed by atoms with Crippen molar-refractivity contribution in [1.29, 1.82) is 0 Å². The summed E-state index contributed by atoms with van der Waals surface area (Å²) in [5.41, 5.74) is 6.98. The van der Waals surface area contributed by atoms with Gasteiger partial charge in [0.15, 0.2) is 0 Å². The summed E-state index contributed by atoms with van der Waals surface area (Å²) in [6, 6.07) is 5.38. The molecule has 1 unspecified atom stereocenters. The number of hydrogen-bond donors (Lipinski definition) is 1. The number of rotatable bonds is 5. The number of hydrogen-bond acceptors (Lipinski definition) is 4. The molecule has 1 aliphatic rings. The lowest BCUT2D eigenvalue weighted by Gasteiger charge is -2.26. The summed E-state index contributed by atoms with van der Waals surface area (Å²) in [7, 11) is -3.45. The van der Waals surface area contributed by atoms with E-state index in [0.29, 0.717) is 29.7 Å². The van der Waals surface area contributed by atoms with E-state index in [0.717, 1.165) is 25.1 Å². The number of aryl methyl sites for hydroxylation is 1. The quantitative estimate of drug-likeness (QED) is 0.840. The van der Waals surface area contributed by atoms with Crippen LogP contribution in [0.3, 0.4) is 0 Å². The predicted molar refractivity (Wildman–Crippen MR) is 85.7 cm³/mol. The number of nitrogen functional groups attached to an aromatic ring is 1. The van der Waals surface area contributed by atoms with Gasteiger partial charge in [-0.3, -0.25) is 4.90 Å². The lowest BCUT2D eigenvalue weighted by Crippen LogP contribution is -2.38. The van der Waals surface area contributed by atoms with Gasteiger partial charge in [-0.15, -0.1) is 0 Å². The molecule has 2 N–H and O–H groups in total. The topological polar surface area (TPSA) is 66.6 Å². The Morgan fingerprint density at radius 2 is 2.00 bits per heavy atom. The van der Waals surface area contributed by atoms with Crippen LogP contribution < -0.4 is 5.73 Å². The average Bonchev–Trinajstić information content (AvgIpc) is 2.93. The number of sulfonamides is 1. The van der Waals surface area contributed by atoms with Crippen molar-refractivity contribution in [2.45, 2.75) is 38.1 Å². The number of benzene rings is 1. The molecule has 1 aliphatic heterocycles. The van der Waals surface area contributed by atoms with Crippen molar-refractivity contribution < 1.29 is 8.42 Å². The molecular weight excluding hydrogens is 286 g/mol. The third-order valence-electron chi connectivity index (χ3n) is 4.28. The molecule has 1 aromatic carbocycles. The monoisotopic (exact) mass is 311 g/mol. The normalized spacial score (nSPS) is 20.3. The van der Waals surface area contributed by atoms with Crippen LogP contribution in [0.2, 0.25) is 0 Å². The Balaban J connectivity index is 2.24. The molecule has 0 radical (unpaired) electrons. The highest BCUT2D eigenvalue weighted by molar-refractivity contribution is 7.89. The summed E-state index contributed by atoms with van der Waals surface area (Å²) >= 11 is 0. The summed E-state index contributed by atoms with van der Waals surface area (Å²) < 4.78 is 27.2. The summed E-state index contributed by atoms with van der Waals surface area (Å²) in [6.07, 6.45) is 0.891. The number of nitrogens with two attached hydrogens (primary N) is 1. The molecule has 0 amide bonds. The van der Waals surface area contributed by atoms with Crippen LogP contribution in [0.5, 0.6) is 0 Å². The number of nitrogens with zero attached hydrogens (tertiary/aromatic N) is 2. The zero-order chi connectivity index (χ0) is 15.6. The molecule has 6 heteroatoms. The van der Waals surface area contributed by atoms with Gasteiger partial charge >= 0.3 is 0 Å². The Bertz CT molecular complexity index is 597. The molecule has 5 nitrogen and oxygen atoms in total. The fraction of sp³-hybridized carbons (Fsp3) is 0.600. The van der Waals surface area contributed by atoms with Crippen LogP contribution >= 0.6 is 0 Å². The zero-order valence-corrected chi connectivity index (χ0v) is 13.9. The third kappa shape index (κ3) is 3.22. The van der Waals surface area contributed by atoms with Gasteiger partial charge in [-0.05, 0) is 44.1 Å². The molecule has 1 heterocycles. The van der Waals surface area contributed by atoms with E-state index in [9.17, 15) is 8.42 Å². The number of anilines is 1.